The van der Waals surface area contributed by atoms with Gasteiger partial charge in [0.2, 0.25) is 0 Å². The number of carboxylic acid groups (broad SMARTS) is 1. The zero-order valence-electron chi connectivity index (χ0n) is 11.1. The van der Waals surface area contributed by atoms with Crippen molar-refractivity contribution in [2.45, 2.75) is 6.92 Å². The third kappa shape index (κ3) is 3.15. The summed E-state index contributed by atoms with van der Waals surface area (Å²) in [5.74, 6) is -1.07. The van der Waals surface area contributed by atoms with Crippen LogP contribution >= 0.6 is 15.9 Å². The zero-order chi connectivity index (χ0) is 15.6. The molecule has 21 heavy (non-hydrogen) atoms. The topological polar surface area (TPSA) is 99.1 Å². The van der Waals surface area contributed by atoms with E-state index in [9.17, 15) is 4.79 Å². The van der Waals surface area contributed by atoms with Crippen molar-refractivity contribution in [3.8, 4) is 6.07 Å². The minimum Gasteiger partial charge on any atom is -0.478 e. The van der Waals surface area contributed by atoms with Crippen molar-refractivity contribution in [2.24, 2.45) is 0 Å². The minimum absolute atomic E-state index is 0.0577. The lowest BCUT2D eigenvalue weighted by Crippen LogP contribution is -2.05. The number of benzene rings is 2. The SMILES string of the molecule is Cc1cc(Nc2ccc(C#N)cc2Br)cc(C(=O)O)c1N. The lowest BCUT2D eigenvalue weighted by atomic mass is 10.1. The summed E-state index contributed by atoms with van der Waals surface area (Å²) in [6.45, 7) is 1.75. The summed E-state index contributed by atoms with van der Waals surface area (Å²) < 4.78 is 0.716. The second-order valence-corrected chi connectivity index (χ2v) is 5.35. The maximum atomic E-state index is 11.2. The average Bonchev–Trinajstić information content (AvgIpc) is 2.44. The number of hydrogen-bond donors (Lipinski definition) is 3. The lowest BCUT2D eigenvalue weighted by molar-refractivity contribution is 0.0698. The molecule has 0 saturated heterocycles. The van der Waals surface area contributed by atoms with Gasteiger partial charge in [0.15, 0.2) is 0 Å². The largest absolute Gasteiger partial charge is 0.478 e. The van der Waals surface area contributed by atoms with Gasteiger partial charge in [0.25, 0.3) is 0 Å². The summed E-state index contributed by atoms with van der Waals surface area (Å²) in [7, 11) is 0. The number of nitrogens with one attached hydrogen (secondary N) is 1. The second-order valence-electron chi connectivity index (χ2n) is 4.49. The molecule has 4 N–H and O–H groups in total. The molecule has 2 aromatic rings. The highest BCUT2D eigenvalue weighted by atomic mass is 79.9. The van der Waals surface area contributed by atoms with Crippen LogP contribution in [0.25, 0.3) is 0 Å². The predicted molar refractivity (Wildman–Crippen MR) is 84.7 cm³/mol. The molecule has 2 aromatic carbocycles. The number of aromatic carboxylic acids is 1. The Balaban J connectivity index is 2.41. The van der Waals surface area contributed by atoms with Gasteiger partial charge in [-0.05, 0) is 58.7 Å². The van der Waals surface area contributed by atoms with Gasteiger partial charge < -0.3 is 16.2 Å². The normalized spacial score (nSPS) is 9.95. The van der Waals surface area contributed by atoms with Crippen LogP contribution in [0.3, 0.4) is 0 Å². The number of carboxylic acids is 1. The maximum Gasteiger partial charge on any atom is 0.337 e. The molecular formula is C15H12BrN3O2. The van der Waals surface area contributed by atoms with Crippen LogP contribution in [0.5, 0.6) is 0 Å². The van der Waals surface area contributed by atoms with Crippen LogP contribution in [0.15, 0.2) is 34.8 Å². The summed E-state index contributed by atoms with van der Waals surface area (Å²) >= 11 is 3.37. The van der Waals surface area contributed by atoms with Gasteiger partial charge in [-0.3, -0.25) is 0 Å². The predicted octanol–water partition coefficient (Wildman–Crippen LogP) is 3.65. The number of anilines is 3. The molecule has 0 aliphatic heterocycles. The summed E-state index contributed by atoms with van der Waals surface area (Å²) in [5, 5.41) is 21.1. The molecule has 0 atom stereocenters. The van der Waals surface area contributed by atoms with Gasteiger partial charge in [-0.1, -0.05) is 0 Å². The van der Waals surface area contributed by atoms with Gasteiger partial charge in [-0.25, -0.2) is 4.79 Å². The Morgan fingerprint density at radius 2 is 2.10 bits per heavy atom. The third-order valence-electron chi connectivity index (χ3n) is 2.99. The summed E-state index contributed by atoms with van der Waals surface area (Å²) in [4.78, 5) is 11.2. The zero-order valence-corrected chi connectivity index (χ0v) is 12.7. The van der Waals surface area contributed by atoms with Crippen LogP contribution < -0.4 is 11.1 Å². The molecule has 2 rings (SSSR count). The number of nitrogen functional groups attached to an aromatic ring is 1. The Morgan fingerprint density at radius 3 is 2.67 bits per heavy atom. The highest BCUT2D eigenvalue weighted by Gasteiger charge is 2.12. The van der Waals surface area contributed by atoms with Crippen molar-refractivity contribution in [3.05, 3.63) is 51.5 Å². The van der Waals surface area contributed by atoms with Gasteiger partial charge in [0, 0.05) is 15.8 Å². The van der Waals surface area contributed by atoms with Crippen LogP contribution in [0.2, 0.25) is 0 Å². The number of carbonyl (C=O) groups is 1. The van der Waals surface area contributed by atoms with Crippen LogP contribution in [0, 0.1) is 18.3 Å². The first kappa shape index (κ1) is 14.9. The molecule has 0 radical (unpaired) electrons. The van der Waals surface area contributed by atoms with E-state index in [1.807, 2.05) is 6.07 Å². The number of aryl methyl sites for hydroxylation is 1. The molecule has 0 bridgehead atoms. The van der Waals surface area contributed by atoms with E-state index in [4.69, 9.17) is 16.1 Å². The first-order valence-electron chi connectivity index (χ1n) is 6.02. The van der Waals surface area contributed by atoms with Crippen LogP contribution in [0.4, 0.5) is 17.1 Å². The molecule has 0 aliphatic rings. The van der Waals surface area contributed by atoms with Crippen molar-refractivity contribution in [2.75, 3.05) is 11.1 Å². The van der Waals surface area contributed by atoms with Gasteiger partial charge in [-0.15, -0.1) is 0 Å². The first-order chi connectivity index (χ1) is 9.92. The molecule has 106 valence electrons. The molecule has 0 amide bonds. The Bertz CT molecular complexity index is 766. The molecule has 6 heteroatoms. The van der Waals surface area contributed by atoms with E-state index in [-0.39, 0.29) is 11.3 Å². The molecule has 0 unspecified atom stereocenters. The van der Waals surface area contributed by atoms with Gasteiger partial charge in [-0.2, -0.15) is 5.26 Å². The van der Waals surface area contributed by atoms with E-state index in [2.05, 4.69) is 21.2 Å². The number of hydrogen-bond acceptors (Lipinski definition) is 4. The fraction of sp³-hybridized carbons (Fsp3) is 0.0667. The van der Waals surface area contributed by atoms with Crippen molar-refractivity contribution >= 4 is 39.0 Å². The highest BCUT2D eigenvalue weighted by Crippen LogP contribution is 2.29. The molecule has 0 heterocycles. The Kier molecular flexibility index (Phi) is 4.15. The van der Waals surface area contributed by atoms with Crippen molar-refractivity contribution < 1.29 is 9.90 Å². The molecular weight excluding hydrogens is 334 g/mol. The van der Waals surface area contributed by atoms with Crippen LogP contribution in [-0.2, 0) is 0 Å². The number of nitrogens with two attached hydrogens (primary N) is 1. The summed E-state index contributed by atoms with van der Waals surface area (Å²) in [6.07, 6.45) is 0. The van der Waals surface area contributed by atoms with Gasteiger partial charge in [0.1, 0.15) is 0 Å². The van der Waals surface area contributed by atoms with E-state index in [1.54, 1.807) is 31.2 Å². The van der Waals surface area contributed by atoms with E-state index in [1.165, 1.54) is 6.07 Å². The maximum absolute atomic E-state index is 11.2. The molecule has 0 fully saturated rings. The van der Waals surface area contributed by atoms with E-state index in [0.29, 0.717) is 21.3 Å². The van der Waals surface area contributed by atoms with E-state index in [0.717, 1.165) is 5.69 Å². The van der Waals surface area contributed by atoms with Crippen molar-refractivity contribution in [1.82, 2.24) is 0 Å². The quantitative estimate of drug-likeness (QED) is 0.737. The molecule has 0 aromatic heterocycles. The molecule has 0 spiro atoms. The fourth-order valence-electron chi connectivity index (χ4n) is 1.89. The fourth-order valence-corrected chi connectivity index (χ4v) is 2.37. The molecule has 0 aliphatic carbocycles. The molecule has 5 nitrogen and oxygen atoms in total. The Labute approximate surface area is 130 Å². The second kappa shape index (κ2) is 5.85. The van der Waals surface area contributed by atoms with Gasteiger partial charge in [0.05, 0.1) is 22.9 Å². The average molecular weight is 346 g/mol. The first-order valence-corrected chi connectivity index (χ1v) is 6.81. The van der Waals surface area contributed by atoms with Crippen molar-refractivity contribution in [3.63, 3.8) is 0 Å². The summed E-state index contributed by atoms with van der Waals surface area (Å²) in [5.41, 5.74) is 8.64. The highest BCUT2D eigenvalue weighted by molar-refractivity contribution is 9.10. The van der Waals surface area contributed by atoms with Crippen LogP contribution in [0.1, 0.15) is 21.5 Å². The van der Waals surface area contributed by atoms with Crippen molar-refractivity contribution in [1.29, 1.82) is 5.26 Å². The number of halogens is 1. The standard InChI is InChI=1S/C15H12BrN3O2/c1-8-4-10(6-11(14(8)18)15(20)21)19-13-3-2-9(7-17)5-12(13)16/h2-6,19H,18H2,1H3,(H,20,21). The van der Waals surface area contributed by atoms with Gasteiger partial charge >= 0.3 is 5.97 Å². The Morgan fingerprint density at radius 1 is 1.38 bits per heavy atom. The summed E-state index contributed by atoms with van der Waals surface area (Å²) in [6, 6.07) is 10.4. The lowest BCUT2D eigenvalue weighted by Gasteiger charge is -2.12. The van der Waals surface area contributed by atoms with E-state index < -0.39 is 5.97 Å². The number of nitriles is 1. The monoisotopic (exact) mass is 345 g/mol. The number of rotatable bonds is 3. The Hall–Kier alpha value is -2.52. The molecule has 0 saturated carbocycles. The van der Waals surface area contributed by atoms with E-state index >= 15 is 0 Å². The minimum atomic E-state index is -1.07. The third-order valence-corrected chi connectivity index (χ3v) is 3.65. The van der Waals surface area contributed by atoms with Crippen LogP contribution in [-0.4, -0.2) is 11.1 Å². The smallest absolute Gasteiger partial charge is 0.337 e. The number of nitrogens with zero attached hydrogens (tertiary/aromatic N) is 1.